The summed E-state index contributed by atoms with van der Waals surface area (Å²) in [5, 5.41) is 5.93. The van der Waals surface area contributed by atoms with Gasteiger partial charge >= 0.3 is 0 Å². The number of hydrogen-bond acceptors (Lipinski definition) is 5. The second kappa shape index (κ2) is 7.79. The lowest BCUT2D eigenvalue weighted by Gasteiger charge is -2.10. The summed E-state index contributed by atoms with van der Waals surface area (Å²) in [6.45, 7) is 2.43. The number of thiazole rings is 1. The fraction of sp³-hybridized carbons (Fsp3) is 0.375. The van der Waals surface area contributed by atoms with E-state index in [1.54, 1.807) is 25.6 Å². The minimum absolute atomic E-state index is 0.0143. The minimum Gasteiger partial charge on any atom is -0.493 e. The van der Waals surface area contributed by atoms with E-state index >= 15 is 0 Å². The average molecular weight is 320 g/mol. The van der Waals surface area contributed by atoms with E-state index in [0.29, 0.717) is 30.9 Å². The third-order valence-electron chi connectivity index (χ3n) is 3.21. The van der Waals surface area contributed by atoms with Crippen LogP contribution in [0.25, 0.3) is 0 Å². The van der Waals surface area contributed by atoms with Crippen molar-refractivity contribution in [3.63, 3.8) is 0 Å². The Hall–Kier alpha value is -2.08. The first-order valence-electron chi connectivity index (χ1n) is 7.01. The lowest BCUT2D eigenvalue weighted by Crippen LogP contribution is -2.23. The number of aryl methyl sites for hydroxylation is 2. The molecule has 2 rings (SSSR count). The molecule has 0 aliphatic heterocycles. The third-order valence-corrected chi connectivity index (χ3v) is 4.03. The molecule has 0 fully saturated rings. The Morgan fingerprint density at radius 2 is 2.05 bits per heavy atom. The molecule has 1 heterocycles. The SMILES string of the molecule is COc1ccc(CNC(=O)CCc2csc(C)n2)cc1OC. The maximum Gasteiger partial charge on any atom is 0.220 e. The van der Waals surface area contributed by atoms with E-state index in [2.05, 4.69) is 10.3 Å². The molecule has 0 aliphatic carbocycles. The number of rotatable bonds is 7. The average Bonchev–Trinajstić information content (AvgIpc) is 2.96. The molecule has 0 saturated heterocycles. The summed E-state index contributed by atoms with van der Waals surface area (Å²) in [6.07, 6.45) is 1.11. The number of hydrogen-bond donors (Lipinski definition) is 1. The van der Waals surface area contributed by atoms with Crippen LogP contribution in [-0.4, -0.2) is 25.1 Å². The second-order valence-corrected chi connectivity index (χ2v) is 5.89. The summed E-state index contributed by atoms with van der Waals surface area (Å²) in [6, 6.07) is 5.60. The Morgan fingerprint density at radius 1 is 1.27 bits per heavy atom. The molecule has 0 atom stereocenters. The molecule has 0 bridgehead atoms. The first-order chi connectivity index (χ1) is 10.6. The highest BCUT2D eigenvalue weighted by atomic mass is 32.1. The molecule has 6 heteroatoms. The van der Waals surface area contributed by atoms with E-state index in [4.69, 9.17) is 9.47 Å². The number of benzene rings is 1. The second-order valence-electron chi connectivity index (χ2n) is 4.82. The third kappa shape index (κ3) is 4.46. The van der Waals surface area contributed by atoms with E-state index < -0.39 is 0 Å². The molecule has 1 amide bonds. The van der Waals surface area contributed by atoms with Crippen LogP contribution in [0.5, 0.6) is 11.5 Å². The van der Waals surface area contributed by atoms with Crippen LogP contribution in [0, 0.1) is 6.92 Å². The van der Waals surface area contributed by atoms with E-state index in [-0.39, 0.29) is 5.91 Å². The fourth-order valence-corrected chi connectivity index (χ4v) is 2.69. The van der Waals surface area contributed by atoms with Crippen LogP contribution in [0.2, 0.25) is 0 Å². The molecule has 1 aromatic carbocycles. The van der Waals surface area contributed by atoms with Gasteiger partial charge in [-0.25, -0.2) is 4.98 Å². The molecule has 0 aliphatic rings. The maximum atomic E-state index is 11.9. The minimum atomic E-state index is 0.0143. The number of methoxy groups -OCH3 is 2. The van der Waals surface area contributed by atoms with Gasteiger partial charge in [-0.2, -0.15) is 0 Å². The molecule has 0 spiro atoms. The first-order valence-corrected chi connectivity index (χ1v) is 7.89. The van der Waals surface area contributed by atoms with Crippen molar-refractivity contribution in [3.05, 3.63) is 39.8 Å². The van der Waals surface area contributed by atoms with Crippen molar-refractivity contribution in [2.24, 2.45) is 0 Å². The zero-order valence-electron chi connectivity index (χ0n) is 13.0. The van der Waals surface area contributed by atoms with Crippen molar-refractivity contribution in [1.29, 1.82) is 0 Å². The Balaban J connectivity index is 1.83. The first kappa shape index (κ1) is 16.3. The number of nitrogens with zero attached hydrogens (tertiary/aromatic N) is 1. The van der Waals surface area contributed by atoms with E-state index in [1.165, 1.54) is 0 Å². The summed E-state index contributed by atoms with van der Waals surface area (Å²) in [4.78, 5) is 16.2. The zero-order chi connectivity index (χ0) is 15.9. The van der Waals surface area contributed by atoms with E-state index in [1.807, 2.05) is 30.5 Å². The molecule has 0 radical (unpaired) electrons. The van der Waals surface area contributed by atoms with E-state index in [0.717, 1.165) is 16.3 Å². The van der Waals surface area contributed by atoms with Crippen LogP contribution < -0.4 is 14.8 Å². The van der Waals surface area contributed by atoms with Crippen molar-refractivity contribution >= 4 is 17.2 Å². The summed E-state index contributed by atoms with van der Waals surface area (Å²) in [7, 11) is 3.19. The van der Waals surface area contributed by atoms with Crippen molar-refractivity contribution in [1.82, 2.24) is 10.3 Å². The van der Waals surface area contributed by atoms with Gasteiger partial charge in [0, 0.05) is 18.3 Å². The largest absolute Gasteiger partial charge is 0.493 e. The van der Waals surface area contributed by atoms with Gasteiger partial charge in [0.1, 0.15) is 0 Å². The van der Waals surface area contributed by atoms with Crippen molar-refractivity contribution in [2.75, 3.05) is 14.2 Å². The van der Waals surface area contributed by atoms with Gasteiger partial charge < -0.3 is 14.8 Å². The number of carbonyl (C=O) groups excluding carboxylic acids is 1. The van der Waals surface area contributed by atoms with Crippen LogP contribution in [0.3, 0.4) is 0 Å². The van der Waals surface area contributed by atoms with E-state index in [9.17, 15) is 4.79 Å². The van der Waals surface area contributed by atoms with Crippen molar-refractivity contribution in [2.45, 2.75) is 26.3 Å². The normalized spacial score (nSPS) is 10.3. The number of ether oxygens (including phenoxy) is 2. The van der Waals surface area contributed by atoms with Gasteiger partial charge in [-0.1, -0.05) is 6.07 Å². The molecule has 118 valence electrons. The van der Waals surface area contributed by atoms with Crippen LogP contribution in [0.1, 0.15) is 22.7 Å². The number of nitrogens with one attached hydrogen (secondary N) is 1. The number of carbonyl (C=O) groups is 1. The molecule has 22 heavy (non-hydrogen) atoms. The van der Waals surface area contributed by atoms with Crippen LogP contribution in [0.15, 0.2) is 23.6 Å². The summed E-state index contributed by atoms with van der Waals surface area (Å²) in [5.41, 5.74) is 1.94. The van der Waals surface area contributed by atoms with Gasteiger partial charge in [0.05, 0.1) is 24.9 Å². The predicted octanol–water partition coefficient (Wildman–Crippen LogP) is 2.72. The highest BCUT2D eigenvalue weighted by Gasteiger charge is 2.07. The zero-order valence-corrected chi connectivity index (χ0v) is 13.8. The number of aromatic nitrogens is 1. The lowest BCUT2D eigenvalue weighted by atomic mass is 10.2. The smallest absolute Gasteiger partial charge is 0.220 e. The Kier molecular flexibility index (Phi) is 5.77. The fourth-order valence-electron chi connectivity index (χ4n) is 2.04. The lowest BCUT2D eigenvalue weighted by molar-refractivity contribution is -0.121. The van der Waals surface area contributed by atoms with Crippen molar-refractivity contribution < 1.29 is 14.3 Å². The van der Waals surface area contributed by atoms with Crippen LogP contribution in [-0.2, 0) is 17.8 Å². The van der Waals surface area contributed by atoms with Gasteiger partial charge in [0.25, 0.3) is 0 Å². The van der Waals surface area contributed by atoms with Gasteiger partial charge in [0.15, 0.2) is 11.5 Å². The van der Waals surface area contributed by atoms with Gasteiger partial charge in [-0.05, 0) is 31.0 Å². The molecule has 1 N–H and O–H groups in total. The van der Waals surface area contributed by atoms with Crippen LogP contribution >= 0.6 is 11.3 Å². The Morgan fingerprint density at radius 3 is 2.68 bits per heavy atom. The van der Waals surface area contributed by atoms with Gasteiger partial charge in [0.2, 0.25) is 5.91 Å². The Labute approximate surface area is 134 Å². The molecule has 2 aromatic rings. The monoisotopic (exact) mass is 320 g/mol. The molecule has 0 saturated carbocycles. The number of amides is 1. The summed E-state index contributed by atoms with van der Waals surface area (Å²) >= 11 is 1.61. The maximum absolute atomic E-state index is 11.9. The molecule has 1 aromatic heterocycles. The molecule has 5 nitrogen and oxygen atoms in total. The summed E-state index contributed by atoms with van der Waals surface area (Å²) < 4.78 is 10.4. The van der Waals surface area contributed by atoms with Crippen molar-refractivity contribution in [3.8, 4) is 11.5 Å². The van der Waals surface area contributed by atoms with Gasteiger partial charge in [-0.3, -0.25) is 4.79 Å². The topological polar surface area (TPSA) is 60.5 Å². The standard InChI is InChI=1S/C16H20N2O3S/c1-11-18-13(10-22-11)5-7-16(19)17-9-12-4-6-14(20-2)15(8-12)21-3/h4,6,8,10H,5,7,9H2,1-3H3,(H,17,19). The summed E-state index contributed by atoms with van der Waals surface area (Å²) in [5.74, 6) is 1.35. The van der Waals surface area contributed by atoms with Crippen LogP contribution in [0.4, 0.5) is 0 Å². The highest BCUT2D eigenvalue weighted by molar-refractivity contribution is 7.09. The Bertz CT molecular complexity index is 640. The molecular weight excluding hydrogens is 300 g/mol. The predicted molar refractivity (Wildman–Crippen MR) is 86.6 cm³/mol. The van der Waals surface area contributed by atoms with Gasteiger partial charge in [-0.15, -0.1) is 11.3 Å². The molecular formula is C16H20N2O3S. The molecule has 0 unspecified atom stereocenters. The highest BCUT2D eigenvalue weighted by Crippen LogP contribution is 2.27. The quantitative estimate of drug-likeness (QED) is 0.852.